The summed E-state index contributed by atoms with van der Waals surface area (Å²) < 4.78 is 5.18. The summed E-state index contributed by atoms with van der Waals surface area (Å²) in [5.74, 6) is 0.604. The van der Waals surface area contributed by atoms with Gasteiger partial charge in [0, 0.05) is 13.6 Å². The van der Waals surface area contributed by atoms with Crippen molar-refractivity contribution in [2.75, 3.05) is 20.2 Å². The van der Waals surface area contributed by atoms with E-state index >= 15 is 0 Å². The van der Waals surface area contributed by atoms with Gasteiger partial charge in [-0.25, -0.2) is 0 Å². The quantitative estimate of drug-likeness (QED) is 0.747. The van der Waals surface area contributed by atoms with Gasteiger partial charge in [0.25, 0.3) is 0 Å². The van der Waals surface area contributed by atoms with E-state index in [2.05, 4.69) is 10.6 Å². The lowest BCUT2D eigenvalue weighted by Gasteiger charge is -2.06. The largest absolute Gasteiger partial charge is 0.479 e. The third kappa shape index (κ3) is 5.00. The summed E-state index contributed by atoms with van der Waals surface area (Å²) in [5.41, 5.74) is 1.00. The minimum absolute atomic E-state index is 0.0368. The lowest BCUT2D eigenvalue weighted by molar-refractivity contribution is -0.119. The Morgan fingerprint density at radius 2 is 2.35 bits per heavy atom. The second kappa shape index (κ2) is 7.25. The minimum atomic E-state index is -0.0538. The Labute approximate surface area is 100 Å². The zero-order valence-electron chi connectivity index (χ0n) is 9.69. The number of likely N-dealkylation sites (N-methyl/N-ethyl adjacent to an activating group) is 1. The number of hydrogen-bond donors (Lipinski definition) is 2. The summed E-state index contributed by atoms with van der Waals surface area (Å²) in [7, 11) is 1.60. The number of nitrogens with one attached hydrogen (secondary N) is 2. The van der Waals surface area contributed by atoms with E-state index in [9.17, 15) is 4.79 Å². The van der Waals surface area contributed by atoms with Gasteiger partial charge in [-0.05, 0) is 17.7 Å². The van der Waals surface area contributed by atoms with E-state index in [1.165, 1.54) is 0 Å². The van der Waals surface area contributed by atoms with Crippen LogP contribution in [0.4, 0.5) is 0 Å². The smallest absolute Gasteiger partial charge is 0.233 e. The van der Waals surface area contributed by atoms with Crippen LogP contribution in [0.1, 0.15) is 5.56 Å². The van der Waals surface area contributed by atoms with Gasteiger partial charge in [-0.2, -0.15) is 5.26 Å². The van der Waals surface area contributed by atoms with E-state index in [-0.39, 0.29) is 19.1 Å². The highest BCUT2D eigenvalue weighted by molar-refractivity contribution is 5.77. The average Bonchev–Trinajstić information content (AvgIpc) is 2.36. The zero-order valence-corrected chi connectivity index (χ0v) is 9.69. The molecule has 5 heteroatoms. The van der Waals surface area contributed by atoms with E-state index in [4.69, 9.17) is 10.00 Å². The Balaban J connectivity index is 2.43. The molecule has 1 amide bonds. The van der Waals surface area contributed by atoms with E-state index in [0.717, 1.165) is 5.56 Å². The second-order valence-corrected chi connectivity index (χ2v) is 3.37. The van der Waals surface area contributed by atoms with Crippen LogP contribution in [0.5, 0.6) is 5.75 Å². The molecule has 1 aromatic rings. The Morgan fingerprint density at radius 1 is 1.53 bits per heavy atom. The Morgan fingerprint density at radius 3 is 3.06 bits per heavy atom. The number of nitriles is 1. The van der Waals surface area contributed by atoms with Crippen LogP contribution in [-0.2, 0) is 11.3 Å². The van der Waals surface area contributed by atoms with Crippen LogP contribution >= 0.6 is 0 Å². The maximum absolute atomic E-state index is 11.0. The number of rotatable bonds is 6. The van der Waals surface area contributed by atoms with Gasteiger partial charge in [-0.1, -0.05) is 12.1 Å². The minimum Gasteiger partial charge on any atom is -0.479 e. The Bertz CT molecular complexity index is 412. The molecule has 0 heterocycles. The van der Waals surface area contributed by atoms with E-state index in [0.29, 0.717) is 12.3 Å². The molecular weight excluding hydrogens is 218 g/mol. The SMILES string of the molecule is CNC(=O)CNCc1cccc(OCC#N)c1. The fourth-order valence-electron chi connectivity index (χ4n) is 1.27. The molecule has 2 N–H and O–H groups in total. The molecule has 0 aliphatic rings. The summed E-state index contributed by atoms with van der Waals surface area (Å²) in [6, 6.07) is 9.32. The number of ether oxygens (including phenoxy) is 1. The maximum Gasteiger partial charge on any atom is 0.233 e. The molecule has 90 valence electrons. The van der Waals surface area contributed by atoms with Gasteiger partial charge in [0.05, 0.1) is 6.54 Å². The van der Waals surface area contributed by atoms with Gasteiger partial charge >= 0.3 is 0 Å². The molecular formula is C12H15N3O2. The van der Waals surface area contributed by atoms with Gasteiger partial charge in [0.15, 0.2) is 6.61 Å². The molecule has 1 aromatic carbocycles. The second-order valence-electron chi connectivity index (χ2n) is 3.37. The first-order valence-electron chi connectivity index (χ1n) is 5.26. The van der Waals surface area contributed by atoms with Crippen LogP contribution in [0.2, 0.25) is 0 Å². The van der Waals surface area contributed by atoms with Crippen LogP contribution in [0.25, 0.3) is 0 Å². The molecule has 0 saturated heterocycles. The van der Waals surface area contributed by atoms with Gasteiger partial charge in [-0.3, -0.25) is 4.79 Å². The molecule has 0 saturated carbocycles. The van der Waals surface area contributed by atoms with Gasteiger partial charge < -0.3 is 15.4 Å². The van der Waals surface area contributed by atoms with E-state index < -0.39 is 0 Å². The number of benzene rings is 1. The standard InChI is InChI=1S/C12H15N3O2/c1-14-12(16)9-15-8-10-3-2-4-11(7-10)17-6-5-13/h2-4,7,15H,6,8-9H2,1H3,(H,14,16). The highest BCUT2D eigenvalue weighted by Crippen LogP contribution is 2.12. The highest BCUT2D eigenvalue weighted by atomic mass is 16.5. The summed E-state index contributed by atoms with van der Waals surface area (Å²) in [6.07, 6.45) is 0. The number of carbonyl (C=O) groups excluding carboxylic acids is 1. The first-order chi connectivity index (χ1) is 8.26. The van der Waals surface area contributed by atoms with Crippen LogP contribution in [0.15, 0.2) is 24.3 Å². The van der Waals surface area contributed by atoms with Crippen molar-refractivity contribution in [1.29, 1.82) is 5.26 Å². The summed E-state index contributed by atoms with van der Waals surface area (Å²) >= 11 is 0. The normalized spacial score (nSPS) is 9.41. The molecule has 5 nitrogen and oxygen atoms in total. The number of nitrogens with zero attached hydrogens (tertiary/aromatic N) is 1. The Kier molecular flexibility index (Phi) is 5.55. The molecule has 1 rings (SSSR count). The molecule has 0 fully saturated rings. The number of hydrogen-bond acceptors (Lipinski definition) is 4. The van der Waals surface area contributed by atoms with Crippen molar-refractivity contribution in [1.82, 2.24) is 10.6 Å². The van der Waals surface area contributed by atoms with Crippen molar-refractivity contribution < 1.29 is 9.53 Å². The lowest BCUT2D eigenvalue weighted by atomic mass is 10.2. The van der Waals surface area contributed by atoms with E-state index in [1.54, 1.807) is 13.1 Å². The van der Waals surface area contributed by atoms with Crippen LogP contribution < -0.4 is 15.4 Å². The van der Waals surface area contributed by atoms with Crippen molar-refractivity contribution in [2.24, 2.45) is 0 Å². The summed E-state index contributed by atoms with van der Waals surface area (Å²) in [5, 5.41) is 13.9. The van der Waals surface area contributed by atoms with Crippen molar-refractivity contribution >= 4 is 5.91 Å². The number of carbonyl (C=O) groups is 1. The molecule has 0 bridgehead atoms. The fourth-order valence-corrected chi connectivity index (χ4v) is 1.27. The first kappa shape index (κ1) is 13.0. The molecule has 17 heavy (non-hydrogen) atoms. The van der Waals surface area contributed by atoms with Crippen molar-refractivity contribution in [3.8, 4) is 11.8 Å². The molecule has 0 atom stereocenters. The van der Waals surface area contributed by atoms with Crippen LogP contribution in [-0.4, -0.2) is 26.1 Å². The summed E-state index contributed by atoms with van der Waals surface area (Å²) in [6.45, 7) is 0.895. The van der Waals surface area contributed by atoms with Crippen LogP contribution in [0.3, 0.4) is 0 Å². The van der Waals surface area contributed by atoms with Crippen molar-refractivity contribution in [3.63, 3.8) is 0 Å². The van der Waals surface area contributed by atoms with Crippen LogP contribution in [0, 0.1) is 11.3 Å². The van der Waals surface area contributed by atoms with Crippen molar-refractivity contribution in [3.05, 3.63) is 29.8 Å². The monoisotopic (exact) mass is 233 g/mol. The van der Waals surface area contributed by atoms with Gasteiger partial charge in [-0.15, -0.1) is 0 Å². The predicted octanol–water partition coefficient (Wildman–Crippen LogP) is 0.425. The predicted molar refractivity (Wildman–Crippen MR) is 63.3 cm³/mol. The molecule has 0 radical (unpaired) electrons. The van der Waals surface area contributed by atoms with Crippen molar-refractivity contribution in [2.45, 2.75) is 6.54 Å². The lowest BCUT2D eigenvalue weighted by Crippen LogP contribution is -2.30. The van der Waals surface area contributed by atoms with Gasteiger partial charge in [0.1, 0.15) is 11.8 Å². The average molecular weight is 233 g/mol. The molecule has 0 spiro atoms. The third-order valence-corrected chi connectivity index (χ3v) is 2.10. The van der Waals surface area contributed by atoms with Gasteiger partial charge in [0.2, 0.25) is 5.91 Å². The fraction of sp³-hybridized carbons (Fsp3) is 0.333. The first-order valence-corrected chi connectivity index (χ1v) is 5.26. The molecule has 0 aliphatic carbocycles. The highest BCUT2D eigenvalue weighted by Gasteiger charge is 1.99. The van der Waals surface area contributed by atoms with E-state index in [1.807, 2.05) is 24.3 Å². The molecule has 0 unspecified atom stereocenters. The molecule has 0 aliphatic heterocycles. The Hall–Kier alpha value is -2.06. The maximum atomic E-state index is 11.0. The number of amides is 1. The summed E-state index contributed by atoms with van der Waals surface area (Å²) in [4.78, 5) is 11.0. The topological polar surface area (TPSA) is 74.2 Å². The third-order valence-electron chi connectivity index (χ3n) is 2.10. The zero-order chi connectivity index (χ0) is 12.5. The molecule has 0 aromatic heterocycles.